The minimum Gasteiger partial charge on any atom is -0.316 e. The molecule has 2 rings (SSSR count). The van der Waals surface area contributed by atoms with Crippen molar-refractivity contribution in [2.45, 2.75) is 65.2 Å². The van der Waals surface area contributed by atoms with Gasteiger partial charge < -0.3 is 5.32 Å². The lowest BCUT2D eigenvalue weighted by Gasteiger charge is -2.35. The Morgan fingerprint density at radius 3 is 2.76 bits per heavy atom. The molecule has 1 aliphatic rings. The average molecular weight is 287 g/mol. The van der Waals surface area contributed by atoms with Gasteiger partial charge in [0.1, 0.15) is 0 Å². The van der Waals surface area contributed by atoms with Crippen molar-refractivity contribution in [2.75, 3.05) is 13.1 Å². The molecule has 0 aliphatic heterocycles. The Hall–Kier alpha value is -0.820. The van der Waals surface area contributed by atoms with E-state index in [0.717, 1.165) is 24.3 Å². The van der Waals surface area contributed by atoms with E-state index in [9.17, 15) is 0 Å². The monoisotopic (exact) mass is 287 g/mol. The summed E-state index contributed by atoms with van der Waals surface area (Å²) in [5.41, 5.74) is 3.12. The van der Waals surface area contributed by atoms with Crippen LogP contribution in [0.4, 0.5) is 0 Å². The Labute approximate surface area is 131 Å². The van der Waals surface area contributed by atoms with Gasteiger partial charge >= 0.3 is 0 Å². The highest BCUT2D eigenvalue weighted by Gasteiger charge is 2.29. The quantitative estimate of drug-likeness (QED) is 0.683. The highest BCUT2D eigenvalue weighted by molar-refractivity contribution is 5.27. The van der Waals surface area contributed by atoms with E-state index in [4.69, 9.17) is 0 Å². The zero-order valence-electron chi connectivity index (χ0n) is 14.2. The maximum atomic E-state index is 3.66. The van der Waals surface area contributed by atoms with Crippen LogP contribution < -0.4 is 5.32 Å². The van der Waals surface area contributed by atoms with E-state index in [1.807, 2.05) is 0 Å². The molecule has 0 radical (unpaired) electrons. The Morgan fingerprint density at radius 1 is 1.14 bits per heavy atom. The predicted molar refractivity (Wildman–Crippen MR) is 92.8 cm³/mol. The van der Waals surface area contributed by atoms with E-state index in [2.05, 4.69) is 50.4 Å². The van der Waals surface area contributed by atoms with Gasteiger partial charge in [0.05, 0.1) is 0 Å². The van der Waals surface area contributed by atoms with Gasteiger partial charge in [-0.3, -0.25) is 0 Å². The summed E-state index contributed by atoms with van der Waals surface area (Å²) in [6.45, 7) is 9.31. The normalized spacial score (nSPS) is 26.0. The van der Waals surface area contributed by atoms with Gasteiger partial charge in [0.2, 0.25) is 0 Å². The lowest BCUT2D eigenvalue weighted by atomic mass is 9.71. The van der Waals surface area contributed by atoms with Crippen LogP contribution in [0.5, 0.6) is 0 Å². The Bertz CT molecular complexity index is 412. The molecule has 0 spiro atoms. The molecule has 21 heavy (non-hydrogen) atoms. The van der Waals surface area contributed by atoms with Crippen LogP contribution in [0.1, 0.15) is 69.9 Å². The van der Waals surface area contributed by atoms with Crippen molar-refractivity contribution in [3.05, 3.63) is 35.4 Å². The van der Waals surface area contributed by atoms with Crippen molar-refractivity contribution in [3.63, 3.8) is 0 Å². The molecule has 118 valence electrons. The number of hydrogen-bond donors (Lipinski definition) is 1. The third kappa shape index (κ3) is 4.85. The first-order valence-electron chi connectivity index (χ1n) is 9.04. The van der Waals surface area contributed by atoms with Crippen LogP contribution in [0.25, 0.3) is 0 Å². The van der Waals surface area contributed by atoms with Crippen molar-refractivity contribution in [1.82, 2.24) is 5.32 Å². The Morgan fingerprint density at radius 2 is 2.00 bits per heavy atom. The molecule has 1 aromatic carbocycles. The minimum atomic E-state index is 0.759. The van der Waals surface area contributed by atoms with E-state index in [-0.39, 0.29) is 0 Å². The lowest BCUT2D eigenvalue weighted by molar-refractivity contribution is 0.242. The van der Waals surface area contributed by atoms with Gasteiger partial charge in [-0.1, -0.05) is 57.9 Å². The van der Waals surface area contributed by atoms with Gasteiger partial charge in [0.25, 0.3) is 0 Å². The first kappa shape index (κ1) is 16.5. The fourth-order valence-electron chi connectivity index (χ4n) is 3.83. The molecular weight excluding hydrogens is 254 g/mol. The van der Waals surface area contributed by atoms with Gasteiger partial charge in [-0.2, -0.15) is 0 Å². The summed E-state index contributed by atoms with van der Waals surface area (Å²) in [5.74, 6) is 2.46. The smallest absolute Gasteiger partial charge is 0.00147 e. The Kier molecular flexibility index (Phi) is 6.76. The van der Waals surface area contributed by atoms with Crippen molar-refractivity contribution >= 4 is 0 Å². The van der Waals surface area contributed by atoms with Crippen molar-refractivity contribution in [1.29, 1.82) is 0 Å². The third-order valence-corrected chi connectivity index (χ3v) is 5.01. The summed E-state index contributed by atoms with van der Waals surface area (Å²) < 4.78 is 0. The van der Waals surface area contributed by atoms with Gasteiger partial charge in [-0.25, -0.2) is 0 Å². The van der Waals surface area contributed by atoms with Crippen LogP contribution >= 0.6 is 0 Å². The first-order valence-corrected chi connectivity index (χ1v) is 9.04. The minimum absolute atomic E-state index is 0.759. The number of aryl methyl sites for hydroxylation is 1. The number of nitrogens with one attached hydrogen (secondary N) is 1. The molecule has 1 nitrogen and oxygen atoms in total. The molecule has 0 heterocycles. The van der Waals surface area contributed by atoms with Crippen molar-refractivity contribution in [3.8, 4) is 0 Å². The van der Waals surface area contributed by atoms with Crippen molar-refractivity contribution < 1.29 is 0 Å². The van der Waals surface area contributed by atoms with Crippen LogP contribution in [-0.2, 0) is 6.42 Å². The molecule has 0 amide bonds. The molecule has 1 N–H and O–H groups in total. The largest absolute Gasteiger partial charge is 0.316 e. The van der Waals surface area contributed by atoms with E-state index < -0.39 is 0 Å². The second kappa shape index (κ2) is 8.58. The summed E-state index contributed by atoms with van der Waals surface area (Å²) in [4.78, 5) is 0. The van der Waals surface area contributed by atoms with E-state index in [1.54, 1.807) is 5.56 Å². The second-order valence-electron chi connectivity index (χ2n) is 6.98. The topological polar surface area (TPSA) is 12.0 Å². The first-order chi connectivity index (χ1) is 10.2. The van der Waals surface area contributed by atoms with Gasteiger partial charge in [0, 0.05) is 0 Å². The molecule has 1 saturated carbocycles. The molecule has 1 aliphatic carbocycles. The van der Waals surface area contributed by atoms with Crippen LogP contribution in [0.3, 0.4) is 0 Å². The highest BCUT2D eigenvalue weighted by atomic mass is 14.9. The summed E-state index contributed by atoms with van der Waals surface area (Å²) in [6.07, 6.45) is 7.86. The van der Waals surface area contributed by atoms with Gasteiger partial charge in [-0.05, 0) is 67.7 Å². The standard InChI is InChI=1S/C20H33N/c1-4-7-17-8-6-9-18(14-17)20-13-16(3)10-11-19(20)15-21-12-5-2/h6,8-9,14,16,19-21H,4-5,7,10-13,15H2,1-3H3. The molecular formula is C20H33N. The summed E-state index contributed by atoms with van der Waals surface area (Å²) in [5, 5.41) is 3.66. The molecule has 3 atom stereocenters. The van der Waals surface area contributed by atoms with E-state index in [0.29, 0.717) is 0 Å². The SMILES string of the molecule is CCCNCC1CCC(C)CC1c1cccc(CCC)c1. The number of rotatable bonds is 7. The maximum absolute atomic E-state index is 3.66. The van der Waals surface area contributed by atoms with Crippen LogP contribution in [0.15, 0.2) is 24.3 Å². The second-order valence-corrected chi connectivity index (χ2v) is 6.98. The van der Waals surface area contributed by atoms with E-state index in [1.165, 1.54) is 50.6 Å². The molecule has 0 bridgehead atoms. The molecule has 0 saturated heterocycles. The maximum Gasteiger partial charge on any atom is -0.00147 e. The highest BCUT2D eigenvalue weighted by Crippen LogP contribution is 2.40. The Balaban J connectivity index is 2.09. The summed E-state index contributed by atoms with van der Waals surface area (Å²) >= 11 is 0. The van der Waals surface area contributed by atoms with Crippen LogP contribution in [-0.4, -0.2) is 13.1 Å². The number of benzene rings is 1. The average Bonchev–Trinajstić information content (AvgIpc) is 2.49. The van der Waals surface area contributed by atoms with Crippen LogP contribution in [0, 0.1) is 11.8 Å². The number of hydrogen-bond acceptors (Lipinski definition) is 1. The summed E-state index contributed by atoms with van der Waals surface area (Å²) in [7, 11) is 0. The molecule has 1 heteroatoms. The summed E-state index contributed by atoms with van der Waals surface area (Å²) in [6, 6.07) is 9.42. The van der Waals surface area contributed by atoms with Gasteiger partial charge in [0.15, 0.2) is 0 Å². The molecule has 0 aromatic heterocycles. The third-order valence-electron chi connectivity index (χ3n) is 5.01. The predicted octanol–water partition coefficient (Wildman–Crippen LogP) is 5.16. The van der Waals surface area contributed by atoms with Crippen LogP contribution in [0.2, 0.25) is 0 Å². The zero-order valence-corrected chi connectivity index (χ0v) is 14.2. The molecule has 3 unspecified atom stereocenters. The van der Waals surface area contributed by atoms with Gasteiger partial charge in [-0.15, -0.1) is 0 Å². The fourth-order valence-corrected chi connectivity index (χ4v) is 3.83. The zero-order chi connectivity index (χ0) is 15.1. The van der Waals surface area contributed by atoms with E-state index >= 15 is 0 Å². The fraction of sp³-hybridized carbons (Fsp3) is 0.700. The lowest BCUT2D eigenvalue weighted by Crippen LogP contribution is -2.32. The molecule has 1 aromatic rings. The molecule has 1 fully saturated rings. The van der Waals surface area contributed by atoms with Crippen molar-refractivity contribution in [2.24, 2.45) is 11.8 Å².